The van der Waals surface area contributed by atoms with Gasteiger partial charge in [-0.2, -0.15) is 0 Å². The predicted molar refractivity (Wildman–Crippen MR) is 110 cm³/mol. The van der Waals surface area contributed by atoms with Gasteiger partial charge in [-0.3, -0.25) is 4.79 Å². The van der Waals surface area contributed by atoms with Crippen LogP contribution in [0.4, 0.5) is 0 Å². The highest BCUT2D eigenvalue weighted by atomic mass is 79.9. The van der Waals surface area contributed by atoms with Crippen molar-refractivity contribution in [2.45, 2.75) is 46.6 Å². The average molecular weight is 430 g/mol. The van der Waals surface area contributed by atoms with Crippen LogP contribution in [0.5, 0.6) is 0 Å². The lowest BCUT2D eigenvalue weighted by atomic mass is 9.89. The Hall–Kier alpha value is -2.21. The van der Waals surface area contributed by atoms with Crippen LogP contribution in [0.15, 0.2) is 41.1 Å². The van der Waals surface area contributed by atoms with Crippen LogP contribution in [0.25, 0.3) is 10.8 Å². The second kappa shape index (κ2) is 7.80. The molecule has 0 atom stereocenters. The summed E-state index contributed by atoms with van der Waals surface area (Å²) in [6, 6.07) is 12.8. The van der Waals surface area contributed by atoms with Gasteiger partial charge in [-0.1, -0.05) is 49.7 Å². The van der Waals surface area contributed by atoms with E-state index in [1.54, 1.807) is 13.8 Å². The van der Waals surface area contributed by atoms with E-state index in [0.29, 0.717) is 23.5 Å². The fourth-order valence-electron chi connectivity index (χ4n) is 3.29. The topological polar surface area (TPSA) is 68.0 Å². The van der Waals surface area contributed by atoms with Crippen molar-refractivity contribution in [1.82, 2.24) is 14.8 Å². The van der Waals surface area contributed by atoms with Crippen molar-refractivity contribution >= 4 is 32.7 Å². The monoisotopic (exact) mass is 429 g/mol. The second-order valence-electron chi connectivity index (χ2n) is 7.52. The van der Waals surface area contributed by atoms with Gasteiger partial charge in [0.1, 0.15) is 5.82 Å². The molecule has 0 aliphatic rings. The maximum atomic E-state index is 11.5. The summed E-state index contributed by atoms with van der Waals surface area (Å²) in [6.45, 7) is 6.19. The molecule has 1 heterocycles. The summed E-state index contributed by atoms with van der Waals surface area (Å²) in [5.74, 6) is -0.182. The number of hydrogen-bond donors (Lipinski definition) is 1. The Morgan fingerprint density at radius 1 is 1.11 bits per heavy atom. The van der Waals surface area contributed by atoms with Gasteiger partial charge in [0.2, 0.25) is 0 Å². The number of rotatable bonds is 7. The number of benzene rings is 2. The van der Waals surface area contributed by atoms with E-state index in [-0.39, 0.29) is 0 Å². The van der Waals surface area contributed by atoms with Crippen LogP contribution in [0.2, 0.25) is 0 Å². The fourth-order valence-corrected chi connectivity index (χ4v) is 3.70. The molecule has 0 fully saturated rings. The van der Waals surface area contributed by atoms with E-state index < -0.39 is 11.4 Å². The maximum Gasteiger partial charge on any atom is 0.309 e. The molecule has 0 spiro atoms. The Morgan fingerprint density at radius 3 is 2.37 bits per heavy atom. The lowest BCUT2D eigenvalue weighted by Crippen LogP contribution is -2.28. The normalized spacial score (nSPS) is 11.9. The number of halogens is 1. The number of aromatic nitrogens is 3. The fraction of sp³-hybridized carbons (Fsp3) is 0.381. The maximum absolute atomic E-state index is 11.5. The number of aliphatic carboxylic acids is 1. The first-order valence-electron chi connectivity index (χ1n) is 9.14. The minimum absolute atomic E-state index is 0.312. The molecule has 3 aromatic rings. The van der Waals surface area contributed by atoms with Crippen LogP contribution in [0.1, 0.15) is 44.1 Å². The molecule has 0 aliphatic carbocycles. The summed E-state index contributed by atoms with van der Waals surface area (Å²) in [6.07, 6.45) is 2.47. The van der Waals surface area contributed by atoms with E-state index in [9.17, 15) is 9.90 Å². The lowest BCUT2D eigenvalue weighted by Gasteiger charge is -2.19. The van der Waals surface area contributed by atoms with E-state index in [1.165, 1.54) is 21.9 Å². The third-order valence-electron chi connectivity index (χ3n) is 4.91. The second-order valence-corrected chi connectivity index (χ2v) is 8.23. The van der Waals surface area contributed by atoms with Crippen molar-refractivity contribution < 1.29 is 9.90 Å². The minimum atomic E-state index is -0.905. The van der Waals surface area contributed by atoms with Crippen LogP contribution in [0.3, 0.4) is 0 Å². The van der Waals surface area contributed by atoms with Crippen molar-refractivity contribution in [2.75, 3.05) is 0 Å². The first-order chi connectivity index (χ1) is 12.8. The highest BCUT2D eigenvalue weighted by Gasteiger charge is 2.30. The van der Waals surface area contributed by atoms with Crippen LogP contribution < -0.4 is 0 Å². The summed E-state index contributed by atoms with van der Waals surface area (Å²) in [7, 11) is 0. The Morgan fingerprint density at radius 2 is 1.74 bits per heavy atom. The molecule has 0 saturated heterocycles. The van der Waals surface area contributed by atoms with Gasteiger partial charge < -0.3 is 9.67 Å². The van der Waals surface area contributed by atoms with Crippen molar-refractivity contribution in [1.29, 1.82) is 0 Å². The Balaban J connectivity index is 2.01. The van der Waals surface area contributed by atoms with Crippen LogP contribution in [0, 0.1) is 5.41 Å². The number of nitrogens with zero attached hydrogens (tertiary/aromatic N) is 3. The van der Waals surface area contributed by atoms with Crippen LogP contribution in [-0.2, 0) is 24.2 Å². The van der Waals surface area contributed by atoms with Gasteiger partial charge in [-0.25, -0.2) is 0 Å². The van der Waals surface area contributed by atoms with E-state index in [1.807, 2.05) is 4.57 Å². The van der Waals surface area contributed by atoms with Crippen LogP contribution >= 0.6 is 15.9 Å². The number of carboxylic acids is 1. The summed E-state index contributed by atoms with van der Waals surface area (Å²) < 4.78 is 2.56. The van der Waals surface area contributed by atoms with Gasteiger partial charge >= 0.3 is 5.97 Å². The predicted octanol–water partition coefficient (Wildman–Crippen LogP) is 4.85. The number of carbonyl (C=O) groups is 1. The molecule has 0 amide bonds. The largest absolute Gasteiger partial charge is 0.481 e. The SMILES string of the molecule is CCCc1ccc(Cn2c(Br)nnc2CC(C)(C)C(=O)O)c2ccccc12. The molecule has 6 heteroatoms. The number of aryl methyl sites for hydroxylation is 1. The molecular weight excluding hydrogens is 406 g/mol. The zero-order valence-electron chi connectivity index (χ0n) is 15.9. The highest BCUT2D eigenvalue weighted by molar-refractivity contribution is 9.10. The quantitative estimate of drug-likeness (QED) is 0.582. The van der Waals surface area contributed by atoms with Crippen LogP contribution in [-0.4, -0.2) is 25.8 Å². The van der Waals surface area contributed by atoms with Gasteiger partial charge in [0.15, 0.2) is 4.73 Å². The van der Waals surface area contributed by atoms with Crippen molar-refractivity contribution in [3.8, 4) is 0 Å². The molecular formula is C21H24BrN3O2. The molecule has 27 heavy (non-hydrogen) atoms. The molecule has 5 nitrogen and oxygen atoms in total. The highest BCUT2D eigenvalue weighted by Crippen LogP contribution is 2.27. The molecule has 0 unspecified atom stereocenters. The van der Waals surface area contributed by atoms with Gasteiger partial charge in [0.05, 0.1) is 12.0 Å². The molecule has 0 saturated carbocycles. The molecule has 1 aromatic heterocycles. The Kier molecular flexibility index (Phi) is 5.65. The minimum Gasteiger partial charge on any atom is -0.481 e. The molecule has 0 radical (unpaired) electrons. The van der Waals surface area contributed by atoms with E-state index in [2.05, 4.69) is 69.4 Å². The summed E-state index contributed by atoms with van der Waals surface area (Å²) in [5, 5.41) is 20.3. The molecule has 0 bridgehead atoms. The molecule has 3 rings (SSSR count). The third-order valence-corrected chi connectivity index (χ3v) is 5.50. The number of carboxylic acid groups (broad SMARTS) is 1. The zero-order chi connectivity index (χ0) is 19.6. The first-order valence-corrected chi connectivity index (χ1v) is 9.93. The van der Waals surface area contributed by atoms with Gasteiger partial charge in [-0.15, -0.1) is 10.2 Å². The summed E-state index contributed by atoms with van der Waals surface area (Å²) in [4.78, 5) is 11.5. The van der Waals surface area contributed by atoms with Crippen molar-refractivity contribution in [3.63, 3.8) is 0 Å². The smallest absolute Gasteiger partial charge is 0.309 e. The van der Waals surface area contributed by atoms with E-state index in [0.717, 1.165) is 12.8 Å². The van der Waals surface area contributed by atoms with E-state index >= 15 is 0 Å². The summed E-state index contributed by atoms with van der Waals surface area (Å²) in [5.41, 5.74) is 1.62. The van der Waals surface area contributed by atoms with Crippen molar-refractivity contribution in [3.05, 3.63) is 58.1 Å². The van der Waals surface area contributed by atoms with Gasteiger partial charge in [0.25, 0.3) is 0 Å². The van der Waals surface area contributed by atoms with E-state index in [4.69, 9.17) is 0 Å². The van der Waals surface area contributed by atoms with Gasteiger partial charge in [0, 0.05) is 6.42 Å². The lowest BCUT2D eigenvalue weighted by molar-refractivity contribution is -0.146. The Bertz CT molecular complexity index is 979. The zero-order valence-corrected chi connectivity index (χ0v) is 17.5. The third kappa shape index (κ3) is 4.05. The summed E-state index contributed by atoms with van der Waals surface area (Å²) >= 11 is 3.46. The van der Waals surface area contributed by atoms with Gasteiger partial charge in [-0.05, 0) is 58.1 Å². The standard InChI is InChI=1S/C21H24BrN3O2/c1-4-7-14-10-11-15(17-9-6-5-8-16(14)17)13-25-18(23-24-20(25)22)12-21(2,3)19(26)27/h5-6,8-11H,4,7,12-13H2,1-3H3,(H,26,27). The average Bonchev–Trinajstić information content (AvgIpc) is 2.96. The molecule has 1 N–H and O–H groups in total. The number of hydrogen-bond acceptors (Lipinski definition) is 3. The number of fused-ring (bicyclic) bond motifs is 1. The molecule has 2 aromatic carbocycles. The van der Waals surface area contributed by atoms with Crippen molar-refractivity contribution in [2.24, 2.45) is 5.41 Å². The Labute approximate surface area is 167 Å². The molecule has 142 valence electrons. The molecule has 0 aliphatic heterocycles. The first kappa shape index (κ1) is 19.5.